The predicted molar refractivity (Wildman–Crippen MR) is 99.3 cm³/mol. The number of nitrogens with zero attached hydrogens (tertiary/aromatic N) is 4. The Morgan fingerprint density at radius 2 is 1.84 bits per heavy atom. The van der Waals surface area contributed by atoms with Gasteiger partial charge in [-0.1, -0.05) is 13.8 Å². The van der Waals surface area contributed by atoms with E-state index in [2.05, 4.69) is 47.8 Å². The van der Waals surface area contributed by atoms with Gasteiger partial charge in [-0.05, 0) is 45.9 Å². The van der Waals surface area contributed by atoms with Gasteiger partial charge >= 0.3 is 0 Å². The van der Waals surface area contributed by atoms with Gasteiger partial charge in [-0.25, -0.2) is 0 Å². The van der Waals surface area contributed by atoms with Gasteiger partial charge in [0.05, 0.1) is 11.3 Å². The lowest BCUT2D eigenvalue weighted by atomic mass is 10.2. The number of hydrogen-bond acceptors (Lipinski definition) is 3. The van der Waals surface area contributed by atoms with Crippen LogP contribution in [0.15, 0.2) is 24.4 Å². The highest BCUT2D eigenvalue weighted by molar-refractivity contribution is 6.05. The summed E-state index contributed by atoms with van der Waals surface area (Å²) in [6, 6.07) is 5.99. The maximum absolute atomic E-state index is 12.8. The van der Waals surface area contributed by atoms with Crippen molar-refractivity contribution in [3.8, 4) is 0 Å². The van der Waals surface area contributed by atoms with E-state index < -0.39 is 0 Å². The van der Waals surface area contributed by atoms with E-state index in [1.165, 1.54) is 0 Å². The first-order valence-electron chi connectivity index (χ1n) is 8.64. The molecule has 0 aliphatic carbocycles. The summed E-state index contributed by atoms with van der Waals surface area (Å²) in [5.41, 5.74) is 4.29. The molecule has 0 saturated heterocycles. The van der Waals surface area contributed by atoms with Gasteiger partial charge in [0.1, 0.15) is 5.82 Å². The van der Waals surface area contributed by atoms with E-state index in [0.29, 0.717) is 11.6 Å². The molecule has 0 fully saturated rings. The van der Waals surface area contributed by atoms with E-state index in [0.717, 1.165) is 28.5 Å². The van der Waals surface area contributed by atoms with Crippen LogP contribution >= 0.6 is 0 Å². The number of pyridine rings is 1. The number of carbonyl (C=O) groups is 1. The summed E-state index contributed by atoms with van der Waals surface area (Å²) in [6.07, 6.45) is 1.88. The third kappa shape index (κ3) is 3.04. The Balaban J connectivity index is 1.92. The van der Waals surface area contributed by atoms with Crippen molar-refractivity contribution in [2.45, 2.75) is 53.5 Å². The first-order chi connectivity index (χ1) is 11.8. The van der Waals surface area contributed by atoms with Gasteiger partial charge in [0, 0.05) is 29.5 Å². The first kappa shape index (κ1) is 17.2. The molecule has 3 heterocycles. The lowest BCUT2D eigenvalue weighted by Crippen LogP contribution is -2.14. The summed E-state index contributed by atoms with van der Waals surface area (Å²) in [7, 11) is 0. The Kier molecular flexibility index (Phi) is 4.37. The van der Waals surface area contributed by atoms with Crippen molar-refractivity contribution in [2.24, 2.45) is 0 Å². The number of hydrogen-bond donors (Lipinski definition) is 1. The molecule has 3 aromatic heterocycles. The van der Waals surface area contributed by atoms with Gasteiger partial charge in [0.2, 0.25) is 0 Å². The van der Waals surface area contributed by atoms with Crippen molar-refractivity contribution in [3.63, 3.8) is 0 Å². The number of amides is 1. The molecule has 0 bridgehead atoms. The Morgan fingerprint density at radius 1 is 1.12 bits per heavy atom. The summed E-state index contributed by atoms with van der Waals surface area (Å²) < 4.78 is 4.10. The van der Waals surface area contributed by atoms with E-state index in [9.17, 15) is 4.79 Å². The van der Waals surface area contributed by atoms with Crippen LogP contribution in [0.25, 0.3) is 5.65 Å². The average molecular weight is 339 g/mol. The lowest BCUT2D eigenvalue weighted by molar-refractivity contribution is 0.102. The fourth-order valence-electron chi connectivity index (χ4n) is 3.38. The summed E-state index contributed by atoms with van der Waals surface area (Å²) in [4.78, 5) is 12.8. The molecule has 1 N–H and O–H groups in total. The van der Waals surface area contributed by atoms with Crippen LogP contribution in [0.3, 0.4) is 0 Å². The molecule has 0 atom stereocenters. The van der Waals surface area contributed by atoms with E-state index >= 15 is 0 Å². The number of aromatic nitrogens is 4. The number of anilines is 1. The molecule has 0 saturated carbocycles. The Hall–Kier alpha value is -2.63. The maximum atomic E-state index is 12.8. The molecule has 0 aromatic carbocycles. The molecule has 25 heavy (non-hydrogen) atoms. The molecule has 0 aliphatic heterocycles. The molecule has 6 nitrogen and oxygen atoms in total. The van der Waals surface area contributed by atoms with Crippen LogP contribution < -0.4 is 5.32 Å². The van der Waals surface area contributed by atoms with Crippen molar-refractivity contribution < 1.29 is 4.79 Å². The van der Waals surface area contributed by atoms with E-state index in [4.69, 9.17) is 0 Å². The van der Waals surface area contributed by atoms with E-state index in [1.807, 2.05) is 42.6 Å². The zero-order valence-corrected chi connectivity index (χ0v) is 15.7. The van der Waals surface area contributed by atoms with Gasteiger partial charge in [-0.15, -0.1) is 10.2 Å². The Morgan fingerprint density at radius 3 is 2.44 bits per heavy atom. The summed E-state index contributed by atoms with van der Waals surface area (Å²) in [5.74, 6) is 1.04. The second kappa shape index (κ2) is 6.35. The van der Waals surface area contributed by atoms with Gasteiger partial charge < -0.3 is 9.88 Å². The molecule has 0 radical (unpaired) electrons. The monoisotopic (exact) mass is 339 g/mol. The highest BCUT2D eigenvalue weighted by Crippen LogP contribution is 2.22. The number of rotatable bonds is 4. The second-order valence-electron chi connectivity index (χ2n) is 7.06. The van der Waals surface area contributed by atoms with Crippen LogP contribution in [0.4, 0.5) is 5.69 Å². The standard InChI is InChI=1S/C19H25N5O/c1-11(2)18-22-21-17-8-7-15(10-23(17)18)20-19(25)16-9-13(5)24(12(3)4)14(16)6/h7-12H,1-6H3,(H,20,25). The number of fused-ring (bicyclic) bond motifs is 1. The topological polar surface area (TPSA) is 64.2 Å². The minimum absolute atomic E-state index is 0.0986. The van der Waals surface area contributed by atoms with Gasteiger partial charge in [-0.3, -0.25) is 9.20 Å². The van der Waals surface area contributed by atoms with Crippen LogP contribution in [-0.2, 0) is 0 Å². The zero-order chi connectivity index (χ0) is 18.3. The largest absolute Gasteiger partial charge is 0.346 e. The predicted octanol–water partition coefficient (Wildman–Crippen LogP) is 4.10. The molecule has 0 spiro atoms. The molecule has 0 aliphatic rings. The number of nitrogens with one attached hydrogen (secondary N) is 1. The van der Waals surface area contributed by atoms with Crippen molar-refractivity contribution in [2.75, 3.05) is 5.32 Å². The van der Waals surface area contributed by atoms with Crippen molar-refractivity contribution >= 4 is 17.2 Å². The number of aryl methyl sites for hydroxylation is 1. The zero-order valence-electron chi connectivity index (χ0n) is 15.7. The van der Waals surface area contributed by atoms with Crippen LogP contribution in [0.2, 0.25) is 0 Å². The van der Waals surface area contributed by atoms with E-state index in [1.54, 1.807) is 0 Å². The number of carbonyl (C=O) groups excluding carboxylic acids is 1. The fourth-order valence-corrected chi connectivity index (χ4v) is 3.38. The molecule has 0 unspecified atom stereocenters. The van der Waals surface area contributed by atoms with Crippen molar-refractivity contribution in [1.29, 1.82) is 0 Å². The minimum atomic E-state index is -0.0986. The van der Waals surface area contributed by atoms with Crippen LogP contribution in [0.1, 0.15) is 67.2 Å². The van der Waals surface area contributed by atoms with Gasteiger partial charge in [0.15, 0.2) is 5.65 Å². The lowest BCUT2D eigenvalue weighted by Gasteiger charge is -2.13. The van der Waals surface area contributed by atoms with Crippen molar-refractivity contribution in [3.05, 3.63) is 47.2 Å². The molecular formula is C19H25N5O. The normalized spacial score (nSPS) is 11.7. The third-order valence-electron chi connectivity index (χ3n) is 4.45. The summed E-state index contributed by atoms with van der Waals surface area (Å²) in [6.45, 7) is 12.4. The first-order valence-corrected chi connectivity index (χ1v) is 8.64. The summed E-state index contributed by atoms with van der Waals surface area (Å²) >= 11 is 0. The minimum Gasteiger partial charge on any atom is -0.346 e. The second-order valence-corrected chi connectivity index (χ2v) is 7.06. The average Bonchev–Trinajstić information content (AvgIpc) is 3.07. The Bertz CT molecular complexity index is 933. The smallest absolute Gasteiger partial charge is 0.257 e. The molecule has 132 valence electrons. The highest BCUT2D eigenvalue weighted by Gasteiger charge is 2.18. The van der Waals surface area contributed by atoms with Gasteiger partial charge in [-0.2, -0.15) is 0 Å². The Labute approximate surface area is 147 Å². The molecule has 1 amide bonds. The quantitative estimate of drug-likeness (QED) is 0.778. The fraction of sp³-hybridized carbons (Fsp3) is 0.421. The molecule has 3 rings (SSSR count). The SMILES string of the molecule is Cc1cc(C(=O)Nc2ccc3nnc(C(C)C)n3c2)c(C)n1C(C)C. The maximum Gasteiger partial charge on any atom is 0.257 e. The highest BCUT2D eigenvalue weighted by atomic mass is 16.1. The van der Waals surface area contributed by atoms with Crippen molar-refractivity contribution in [1.82, 2.24) is 19.2 Å². The summed E-state index contributed by atoms with van der Waals surface area (Å²) in [5, 5.41) is 11.4. The molecule has 6 heteroatoms. The third-order valence-corrected chi connectivity index (χ3v) is 4.45. The molecule has 3 aromatic rings. The van der Waals surface area contributed by atoms with Crippen LogP contribution in [0, 0.1) is 13.8 Å². The molecular weight excluding hydrogens is 314 g/mol. The van der Waals surface area contributed by atoms with Crippen LogP contribution in [-0.4, -0.2) is 25.1 Å². The van der Waals surface area contributed by atoms with Crippen LogP contribution in [0.5, 0.6) is 0 Å². The van der Waals surface area contributed by atoms with E-state index in [-0.39, 0.29) is 11.8 Å². The van der Waals surface area contributed by atoms with Gasteiger partial charge in [0.25, 0.3) is 5.91 Å².